The van der Waals surface area contributed by atoms with Crippen LogP contribution in [0.3, 0.4) is 0 Å². The third-order valence-corrected chi connectivity index (χ3v) is 3.41. The Morgan fingerprint density at radius 2 is 1.86 bits per heavy atom. The van der Waals surface area contributed by atoms with Gasteiger partial charge in [-0.25, -0.2) is 0 Å². The highest BCUT2D eigenvalue weighted by Crippen LogP contribution is 2.15. The van der Waals surface area contributed by atoms with Gasteiger partial charge in [0.15, 0.2) is 0 Å². The number of carboxylic acid groups (broad SMARTS) is 1. The number of nitrogens with one attached hydrogen (secondary N) is 1. The fourth-order valence-electron chi connectivity index (χ4n) is 2.24. The number of ether oxygens (including phenoxy) is 1. The second kappa shape index (κ2) is 9.40. The number of benzene rings is 1. The summed E-state index contributed by atoms with van der Waals surface area (Å²) in [5.41, 5.74) is 2.43. The minimum Gasteiger partial charge on any atom is -0.492 e. The predicted molar refractivity (Wildman–Crippen MR) is 84.9 cm³/mol. The van der Waals surface area contributed by atoms with Gasteiger partial charge in [-0.2, -0.15) is 0 Å². The summed E-state index contributed by atoms with van der Waals surface area (Å²) in [6, 6.07) is 6.21. The Balaban J connectivity index is 2.08. The maximum absolute atomic E-state index is 10.5. The van der Waals surface area contributed by atoms with E-state index in [-0.39, 0.29) is 6.42 Å². The number of rotatable bonds is 10. The van der Waals surface area contributed by atoms with E-state index >= 15 is 0 Å². The first-order valence-electron chi connectivity index (χ1n) is 7.61. The van der Waals surface area contributed by atoms with Gasteiger partial charge in [-0.1, -0.05) is 13.0 Å². The number of hydrogen-bond acceptors (Lipinski definition) is 3. The average molecular weight is 293 g/mol. The normalized spacial score (nSPS) is 12.1. The summed E-state index contributed by atoms with van der Waals surface area (Å²) in [5, 5.41) is 11.9. The molecule has 0 radical (unpaired) electrons. The van der Waals surface area contributed by atoms with E-state index in [4.69, 9.17) is 9.84 Å². The maximum atomic E-state index is 10.5. The van der Waals surface area contributed by atoms with E-state index in [1.54, 1.807) is 0 Å². The summed E-state index contributed by atoms with van der Waals surface area (Å²) < 4.78 is 5.71. The Morgan fingerprint density at radius 1 is 1.19 bits per heavy atom. The van der Waals surface area contributed by atoms with E-state index in [0.29, 0.717) is 12.5 Å². The molecular weight excluding hydrogens is 266 g/mol. The smallest absolute Gasteiger partial charge is 0.303 e. The minimum atomic E-state index is -0.711. The summed E-state index contributed by atoms with van der Waals surface area (Å²) in [7, 11) is 0. The lowest BCUT2D eigenvalue weighted by atomic mass is 10.0. The second-order valence-electron chi connectivity index (χ2n) is 5.75. The SMILES string of the molecule is Cc1cc(C)cc(OCCNCCC(C)CCC(=O)O)c1. The monoisotopic (exact) mass is 293 g/mol. The minimum absolute atomic E-state index is 0.261. The molecule has 0 spiro atoms. The maximum Gasteiger partial charge on any atom is 0.303 e. The summed E-state index contributed by atoms with van der Waals surface area (Å²) >= 11 is 0. The van der Waals surface area contributed by atoms with Crippen molar-refractivity contribution in [3.63, 3.8) is 0 Å². The van der Waals surface area contributed by atoms with E-state index in [0.717, 1.165) is 31.7 Å². The molecule has 1 rings (SSSR count). The second-order valence-corrected chi connectivity index (χ2v) is 5.75. The van der Waals surface area contributed by atoms with Gasteiger partial charge in [-0.3, -0.25) is 4.79 Å². The van der Waals surface area contributed by atoms with E-state index in [1.807, 2.05) is 12.1 Å². The fraction of sp³-hybridized carbons (Fsp3) is 0.588. The Morgan fingerprint density at radius 3 is 2.48 bits per heavy atom. The van der Waals surface area contributed by atoms with Gasteiger partial charge in [-0.15, -0.1) is 0 Å². The molecule has 0 amide bonds. The van der Waals surface area contributed by atoms with Crippen molar-refractivity contribution >= 4 is 5.97 Å². The molecule has 0 heterocycles. The molecule has 0 saturated carbocycles. The first-order chi connectivity index (χ1) is 9.97. The molecule has 1 atom stereocenters. The van der Waals surface area contributed by atoms with Crippen LogP contribution in [0.2, 0.25) is 0 Å². The molecule has 0 fully saturated rings. The van der Waals surface area contributed by atoms with E-state index in [1.165, 1.54) is 11.1 Å². The van der Waals surface area contributed by atoms with Crippen molar-refractivity contribution in [2.45, 2.75) is 40.0 Å². The molecule has 4 nitrogen and oxygen atoms in total. The summed E-state index contributed by atoms with van der Waals surface area (Å²) in [6.07, 6.45) is 2.00. The highest BCUT2D eigenvalue weighted by atomic mass is 16.5. The third kappa shape index (κ3) is 8.35. The van der Waals surface area contributed by atoms with Crippen LogP contribution in [0.15, 0.2) is 18.2 Å². The zero-order valence-electron chi connectivity index (χ0n) is 13.3. The summed E-state index contributed by atoms with van der Waals surface area (Å²) in [5.74, 6) is 0.648. The van der Waals surface area contributed by atoms with Gasteiger partial charge in [0, 0.05) is 13.0 Å². The molecule has 21 heavy (non-hydrogen) atoms. The van der Waals surface area contributed by atoms with Crippen LogP contribution < -0.4 is 10.1 Å². The lowest BCUT2D eigenvalue weighted by molar-refractivity contribution is -0.137. The Bertz CT molecular complexity index is 425. The number of hydrogen-bond donors (Lipinski definition) is 2. The molecule has 2 N–H and O–H groups in total. The van der Waals surface area contributed by atoms with Crippen LogP contribution >= 0.6 is 0 Å². The summed E-state index contributed by atoms with van der Waals surface area (Å²) in [6.45, 7) is 8.58. The van der Waals surface area contributed by atoms with Crippen LogP contribution in [0.4, 0.5) is 0 Å². The van der Waals surface area contributed by atoms with Gasteiger partial charge < -0.3 is 15.2 Å². The van der Waals surface area contributed by atoms with Crippen LogP contribution in [0.1, 0.15) is 37.3 Å². The van der Waals surface area contributed by atoms with Crippen LogP contribution in [0.25, 0.3) is 0 Å². The molecule has 0 saturated heterocycles. The van der Waals surface area contributed by atoms with Crippen molar-refractivity contribution in [2.24, 2.45) is 5.92 Å². The van der Waals surface area contributed by atoms with Crippen molar-refractivity contribution in [1.82, 2.24) is 5.32 Å². The Kier molecular flexibility index (Phi) is 7.83. The van der Waals surface area contributed by atoms with Gasteiger partial charge in [-0.05, 0) is 62.4 Å². The largest absolute Gasteiger partial charge is 0.492 e. The lowest BCUT2D eigenvalue weighted by Crippen LogP contribution is -2.23. The third-order valence-electron chi connectivity index (χ3n) is 3.41. The van der Waals surface area contributed by atoms with Crippen molar-refractivity contribution in [1.29, 1.82) is 0 Å². The summed E-state index contributed by atoms with van der Waals surface area (Å²) in [4.78, 5) is 10.5. The quantitative estimate of drug-likeness (QED) is 0.651. The van der Waals surface area contributed by atoms with Crippen LogP contribution in [0.5, 0.6) is 5.75 Å². The molecule has 118 valence electrons. The molecule has 0 aliphatic heterocycles. The van der Waals surface area contributed by atoms with Crippen LogP contribution in [0, 0.1) is 19.8 Å². The van der Waals surface area contributed by atoms with E-state index < -0.39 is 5.97 Å². The molecule has 1 aromatic rings. The molecular formula is C17H27NO3. The Hall–Kier alpha value is -1.55. The van der Waals surface area contributed by atoms with Crippen LogP contribution in [-0.2, 0) is 4.79 Å². The lowest BCUT2D eigenvalue weighted by Gasteiger charge is -2.12. The predicted octanol–water partition coefficient (Wildman–Crippen LogP) is 3.16. The fourth-order valence-corrected chi connectivity index (χ4v) is 2.24. The number of carboxylic acids is 1. The standard InChI is InChI=1S/C17H27NO3/c1-13(4-5-17(19)20)6-7-18-8-9-21-16-11-14(2)10-15(3)12-16/h10-13,18H,4-9H2,1-3H3,(H,19,20). The van der Waals surface area contributed by atoms with Crippen molar-refractivity contribution in [3.8, 4) is 5.75 Å². The van der Waals surface area contributed by atoms with Gasteiger partial charge in [0.25, 0.3) is 0 Å². The van der Waals surface area contributed by atoms with Gasteiger partial charge >= 0.3 is 5.97 Å². The first-order valence-corrected chi connectivity index (χ1v) is 7.61. The molecule has 0 aromatic heterocycles. The zero-order valence-corrected chi connectivity index (χ0v) is 13.3. The zero-order chi connectivity index (χ0) is 15.7. The molecule has 0 aliphatic carbocycles. The van der Waals surface area contributed by atoms with E-state index in [9.17, 15) is 4.79 Å². The highest BCUT2D eigenvalue weighted by molar-refractivity contribution is 5.66. The number of carbonyl (C=O) groups is 1. The Labute approximate surface area is 127 Å². The molecule has 1 aromatic carbocycles. The van der Waals surface area contributed by atoms with Gasteiger partial charge in [0.2, 0.25) is 0 Å². The number of aryl methyl sites for hydroxylation is 2. The van der Waals surface area contributed by atoms with Crippen LogP contribution in [-0.4, -0.2) is 30.8 Å². The molecule has 0 bridgehead atoms. The van der Waals surface area contributed by atoms with E-state index in [2.05, 4.69) is 32.2 Å². The highest BCUT2D eigenvalue weighted by Gasteiger charge is 2.05. The van der Waals surface area contributed by atoms with Gasteiger partial charge in [0.1, 0.15) is 12.4 Å². The van der Waals surface area contributed by atoms with Crippen molar-refractivity contribution in [3.05, 3.63) is 29.3 Å². The molecule has 1 unspecified atom stereocenters. The number of aliphatic carboxylic acids is 1. The van der Waals surface area contributed by atoms with Crippen molar-refractivity contribution in [2.75, 3.05) is 19.7 Å². The first kappa shape index (κ1) is 17.5. The average Bonchev–Trinajstić information content (AvgIpc) is 2.39. The van der Waals surface area contributed by atoms with Crippen molar-refractivity contribution < 1.29 is 14.6 Å². The molecule has 0 aliphatic rings. The topological polar surface area (TPSA) is 58.6 Å². The molecule has 4 heteroatoms. The van der Waals surface area contributed by atoms with Gasteiger partial charge in [0.05, 0.1) is 0 Å².